The molecule has 1 unspecified atom stereocenters. The maximum atomic E-state index is 14.0. The number of benzene rings is 2. The van der Waals surface area contributed by atoms with E-state index in [2.05, 4.69) is 10.3 Å². The summed E-state index contributed by atoms with van der Waals surface area (Å²) in [6.45, 7) is 9.68. The summed E-state index contributed by atoms with van der Waals surface area (Å²) >= 11 is 0. The van der Waals surface area contributed by atoms with E-state index in [1.807, 2.05) is 39.8 Å². The highest BCUT2D eigenvalue weighted by atomic mass is 19.4. The lowest BCUT2D eigenvalue weighted by molar-refractivity contribution is -0.136. The minimum atomic E-state index is -4.70. The molecule has 2 aromatic carbocycles. The Balaban J connectivity index is 0.000000815. The van der Waals surface area contributed by atoms with Crippen molar-refractivity contribution in [2.75, 3.05) is 0 Å². The van der Waals surface area contributed by atoms with Crippen LogP contribution in [-0.4, -0.2) is 15.4 Å². The number of aliphatic hydroxyl groups is 1. The molecule has 186 valence electrons. The van der Waals surface area contributed by atoms with Crippen LogP contribution >= 0.6 is 0 Å². The number of rotatable bonds is 3. The number of aliphatic hydroxyl groups excluding tert-OH is 1. The molecule has 1 N–H and O–H groups in total. The number of aryl methyl sites for hydroxylation is 1. The maximum Gasteiger partial charge on any atom is 0.422 e. The second-order valence-corrected chi connectivity index (χ2v) is 7.53. The van der Waals surface area contributed by atoms with E-state index in [4.69, 9.17) is 9.05 Å². The number of aromatic nitrogens is 2. The predicted octanol–water partition coefficient (Wildman–Crippen LogP) is 7.89. The van der Waals surface area contributed by atoms with Crippen molar-refractivity contribution in [1.82, 2.24) is 10.3 Å². The smallest absolute Gasteiger partial charge is 0.389 e. The van der Waals surface area contributed by atoms with Crippen LogP contribution in [0.3, 0.4) is 0 Å². The first-order valence-electron chi connectivity index (χ1n) is 11.8. The van der Waals surface area contributed by atoms with E-state index < -0.39 is 23.5 Å². The Morgan fingerprint density at radius 2 is 1.49 bits per heavy atom. The van der Waals surface area contributed by atoms with Crippen LogP contribution in [0.1, 0.15) is 63.0 Å². The van der Waals surface area contributed by atoms with Gasteiger partial charge in [0.25, 0.3) is 0 Å². The molecule has 0 saturated heterocycles. The Morgan fingerprint density at radius 3 is 2.11 bits per heavy atom. The SMILES string of the molecule is CC.CC.CC(O)c1ccc2c(c1)CCc1c-2noc1-c1noc(-c2ccccc2)c1C(F)(F)F. The van der Waals surface area contributed by atoms with Gasteiger partial charge in [-0.2, -0.15) is 13.2 Å². The predicted molar refractivity (Wildman–Crippen MR) is 129 cm³/mol. The second-order valence-electron chi connectivity index (χ2n) is 7.53. The van der Waals surface area contributed by atoms with Crippen molar-refractivity contribution in [2.45, 2.75) is 59.7 Å². The molecule has 8 heteroatoms. The van der Waals surface area contributed by atoms with Gasteiger partial charge in [-0.1, -0.05) is 86.5 Å². The van der Waals surface area contributed by atoms with Crippen LogP contribution in [0, 0.1) is 0 Å². The third-order valence-electron chi connectivity index (χ3n) is 5.53. The normalized spacial score (nSPS) is 12.9. The van der Waals surface area contributed by atoms with Gasteiger partial charge in [-0.15, -0.1) is 0 Å². The Labute approximate surface area is 202 Å². The van der Waals surface area contributed by atoms with Crippen molar-refractivity contribution in [1.29, 1.82) is 0 Å². The summed E-state index contributed by atoms with van der Waals surface area (Å²) in [7, 11) is 0. The summed E-state index contributed by atoms with van der Waals surface area (Å²) in [5.41, 5.74) is 2.47. The molecule has 4 aromatic rings. The summed E-state index contributed by atoms with van der Waals surface area (Å²) in [5.74, 6) is -0.385. The third kappa shape index (κ3) is 5.03. The number of fused-ring (bicyclic) bond motifs is 3. The molecule has 2 heterocycles. The Bertz CT molecular complexity index is 1260. The van der Waals surface area contributed by atoms with Crippen LogP contribution < -0.4 is 0 Å². The lowest BCUT2D eigenvalue weighted by Gasteiger charge is -2.17. The standard InChI is InChI=1S/C23H17F3N2O3.2C2H6/c1-12(29)14-7-9-16-15(11-14)8-10-17-19(16)27-31-22(17)20-18(23(24,25)26)21(30-28-20)13-5-3-2-4-6-13;2*1-2/h2-7,9,11-12,29H,8,10H2,1H3;2*1-2H3. The Hall–Kier alpha value is -3.39. The van der Waals surface area contributed by atoms with E-state index in [0.29, 0.717) is 24.1 Å². The monoisotopic (exact) mass is 486 g/mol. The van der Waals surface area contributed by atoms with E-state index in [-0.39, 0.29) is 17.1 Å². The van der Waals surface area contributed by atoms with Crippen molar-refractivity contribution < 1.29 is 27.3 Å². The Kier molecular flexibility index (Phi) is 8.17. The first kappa shape index (κ1) is 26.2. The molecule has 35 heavy (non-hydrogen) atoms. The van der Waals surface area contributed by atoms with E-state index in [1.54, 1.807) is 31.2 Å². The van der Waals surface area contributed by atoms with Gasteiger partial charge in [0.15, 0.2) is 17.2 Å². The molecular formula is C27H29F3N2O3. The molecule has 0 bridgehead atoms. The topological polar surface area (TPSA) is 72.3 Å². The van der Waals surface area contributed by atoms with Crippen LogP contribution in [0.4, 0.5) is 13.2 Å². The molecule has 1 atom stereocenters. The summed E-state index contributed by atoms with van der Waals surface area (Å²) in [5, 5.41) is 17.6. The van der Waals surface area contributed by atoms with Crippen LogP contribution in [0.5, 0.6) is 0 Å². The van der Waals surface area contributed by atoms with Gasteiger partial charge in [0.2, 0.25) is 0 Å². The highest BCUT2D eigenvalue weighted by molar-refractivity contribution is 5.79. The largest absolute Gasteiger partial charge is 0.422 e. The van der Waals surface area contributed by atoms with Gasteiger partial charge >= 0.3 is 6.18 Å². The average Bonchev–Trinajstić information content (AvgIpc) is 3.51. The molecule has 0 radical (unpaired) electrons. The summed E-state index contributed by atoms with van der Waals surface area (Å²) in [6.07, 6.45) is -4.28. The summed E-state index contributed by atoms with van der Waals surface area (Å²) < 4.78 is 52.6. The molecule has 0 amide bonds. The van der Waals surface area contributed by atoms with Crippen LogP contribution in [0.15, 0.2) is 57.6 Å². The number of alkyl halides is 3. The highest BCUT2D eigenvalue weighted by Gasteiger charge is 2.43. The average molecular weight is 487 g/mol. The zero-order chi connectivity index (χ0) is 25.8. The molecule has 0 aliphatic heterocycles. The quantitative estimate of drug-likeness (QED) is 0.319. The molecule has 2 aromatic heterocycles. The zero-order valence-corrected chi connectivity index (χ0v) is 20.4. The van der Waals surface area contributed by atoms with Gasteiger partial charge in [0, 0.05) is 16.7 Å². The number of hydrogen-bond acceptors (Lipinski definition) is 5. The molecule has 1 aliphatic rings. The first-order chi connectivity index (χ1) is 16.8. The maximum absolute atomic E-state index is 14.0. The summed E-state index contributed by atoms with van der Waals surface area (Å²) in [4.78, 5) is 0. The van der Waals surface area contributed by atoms with Crippen molar-refractivity contribution >= 4 is 0 Å². The van der Waals surface area contributed by atoms with Crippen molar-refractivity contribution in [3.05, 3.63) is 70.8 Å². The number of halogens is 3. The zero-order valence-electron chi connectivity index (χ0n) is 20.4. The summed E-state index contributed by atoms with van der Waals surface area (Å²) in [6, 6.07) is 13.5. The second kappa shape index (κ2) is 10.9. The first-order valence-corrected chi connectivity index (χ1v) is 11.8. The fourth-order valence-electron chi connectivity index (χ4n) is 4.00. The molecule has 0 spiro atoms. The minimum absolute atomic E-state index is 0.0292. The van der Waals surface area contributed by atoms with Gasteiger partial charge in [-0.25, -0.2) is 0 Å². The molecule has 1 aliphatic carbocycles. The minimum Gasteiger partial charge on any atom is -0.389 e. The molecule has 0 fully saturated rings. The molecule has 5 rings (SSSR count). The van der Waals surface area contributed by atoms with Crippen molar-refractivity contribution in [3.8, 4) is 34.0 Å². The Morgan fingerprint density at radius 1 is 0.857 bits per heavy atom. The molecular weight excluding hydrogens is 457 g/mol. The van der Waals surface area contributed by atoms with Gasteiger partial charge < -0.3 is 14.2 Å². The van der Waals surface area contributed by atoms with Crippen LogP contribution in [0.25, 0.3) is 34.0 Å². The fourth-order valence-corrected chi connectivity index (χ4v) is 4.00. The van der Waals surface area contributed by atoms with Gasteiger partial charge in [0.1, 0.15) is 11.3 Å². The lowest BCUT2D eigenvalue weighted by atomic mass is 9.86. The van der Waals surface area contributed by atoms with Gasteiger partial charge in [-0.3, -0.25) is 0 Å². The van der Waals surface area contributed by atoms with Gasteiger partial charge in [-0.05, 0) is 30.9 Å². The van der Waals surface area contributed by atoms with Gasteiger partial charge in [0.05, 0.1) is 6.10 Å². The highest BCUT2D eigenvalue weighted by Crippen LogP contribution is 2.46. The van der Waals surface area contributed by atoms with Crippen molar-refractivity contribution in [3.63, 3.8) is 0 Å². The fraction of sp³-hybridized carbons (Fsp3) is 0.333. The van der Waals surface area contributed by atoms with E-state index in [9.17, 15) is 18.3 Å². The molecule has 5 nitrogen and oxygen atoms in total. The van der Waals surface area contributed by atoms with Crippen LogP contribution in [0.2, 0.25) is 0 Å². The van der Waals surface area contributed by atoms with E-state index >= 15 is 0 Å². The van der Waals surface area contributed by atoms with E-state index in [1.165, 1.54) is 12.1 Å². The van der Waals surface area contributed by atoms with E-state index in [0.717, 1.165) is 16.7 Å². The lowest BCUT2D eigenvalue weighted by Crippen LogP contribution is -2.09. The third-order valence-corrected chi connectivity index (χ3v) is 5.53. The molecule has 0 saturated carbocycles. The number of hydrogen-bond donors (Lipinski definition) is 1. The van der Waals surface area contributed by atoms with Crippen molar-refractivity contribution in [2.24, 2.45) is 0 Å². The van der Waals surface area contributed by atoms with Crippen LogP contribution in [-0.2, 0) is 19.0 Å². The number of nitrogens with zero attached hydrogens (tertiary/aromatic N) is 2.